The molecule has 3 aromatic carbocycles. The molecular formula is C23H24ClN3O2. The molecule has 1 saturated heterocycles. The summed E-state index contributed by atoms with van der Waals surface area (Å²) in [5, 5.41) is 2.74. The number of benzene rings is 3. The molecule has 0 saturated carbocycles. The molecule has 4 rings (SSSR count). The van der Waals surface area contributed by atoms with E-state index in [0.29, 0.717) is 24.5 Å². The smallest absolute Gasteiger partial charge is 0.260 e. The largest absolute Gasteiger partial charge is 0.482 e. The summed E-state index contributed by atoms with van der Waals surface area (Å²) in [6, 6.07) is 19.6. The SMILES string of the molecule is Nc1c(OCC(=O)N2CCN(Cc3ccc(Cl)cc3)CC2)ccc2ccccc12. The number of ether oxygens (including phenoxy) is 1. The molecular weight excluding hydrogens is 386 g/mol. The van der Waals surface area contributed by atoms with E-state index in [1.54, 1.807) is 0 Å². The van der Waals surface area contributed by atoms with Crippen molar-refractivity contribution in [3.05, 3.63) is 71.2 Å². The molecule has 1 aliphatic heterocycles. The van der Waals surface area contributed by atoms with Gasteiger partial charge < -0.3 is 15.4 Å². The normalized spacial score (nSPS) is 14.9. The van der Waals surface area contributed by atoms with Crippen molar-refractivity contribution in [3.8, 4) is 5.75 Å². The van der Waals surface area contributed by atoms with Crippen LogP contribution in [0.2, 0.25) is 5.02 Å². The average molecular weight is 410 g/mol. The van der Waals surface area contributed by atoms with Gasteiger partial charge >= 0.3 is 0 Å². The van der Waals surface area contributed by atoms with Crippen molar-refractivity contribution in [2.24, 2.45) is 0 Å². The van der Waals surface area contributed by atoms with E-state index in [0.717, 1.165) is 35.4 Å². The van der Waals surface area contributed by atoms with Gasteiger partial charge in [0.15, 0.2) is 6.61 Å². The second-order valence-corrected chi connectivity index (χ2v) is 7.71. The molecule has 5 nitrogen and oxygen atoms in total. The van der Waals surface area contributed by atoms with Crippen molar-refractivity contribution in [3.63, 3.8) is 0 Å². The third kappa shape index (κ3) is 4.63. The molecule has 150 valence electrons. The predicted octanol–water partition coefficient (Wildman–Crippen LogP) is 3.80. The minimum Gasteiger partial charge on any atom is -0.482 e. The molecule has 0 aliphatic carbocycles. The van der Waals surface area contributed by atoms with Gasteiger partial charge in [0, 0.05) is 43.1 Å². The summed E-state index contributed by atoms with van der Waals surface area (Å²) in [5.41, 5.74) is 8.02. The molecule has 0 spiro atoms. The van der Waals surface area contributed by atoms with Crippen LogP contribution in [0.5, 0.6) is 5.75 Å². The van der Waals surface area contributed by atoms with Crippen LogP contribution in [-0.4, -0.2) is 48.5 Å². The fraction of sp³-hybridized carbons (Fsp3) is 0.261. The molecule has 0 aromatic heterocycles. The second kappa shape index (κ2) is 8.72. The molecule has 1 amide bonds. The Hall–Kier alpha value is -2.76. The van der Waals surface area contributed by atoms with Gasteiger partial charge in [-0.25, -0.2) is 0 Å². The van der Waals surface area contributed by atoms with E-state index < -0.39 is 0 Å². The third-order valence-electron chi connectivity index (χ3n) is 5.33. The number of fused-ring (bicyclic) bond motifs is 1. The Balaban J connectivity index is 1.29. The molecule has 0 radical (unpaired) electrons. The molecule has 2 N–H and O–H groups in total. The first-order valence-corrected chi connectivity index (χ1v) is 10.1. The van der Waals surface area contributed by atoms with Gasteiger partial charge in [0.25, 0.3) is 5.91 Å². The first kappa shape index (κ1) is 19.6. The monoisotopic (exact) mass is 409 g/mol. The molecule has 1 heterocycles. The van der Waals surface area contributed by atoms with E-state index in [9.17, 15) is 4.79 Å². The highest BCUT2D eigenvalue weighted by Gasteiger charge is 2.21. The first-order chi connectivity index (χ1) is 14.1. The van der Waals surface area contributed by atoms with E-state index in [1.165, 1.54) is 5.56 Å². The first-order valence-electron chi connectivity index (χ1n) is 9.75. The number of hydrogen-bond donors (Lipinski definition) is 1. The highest BCUT2D eigenvalue weighted by Crippen LogP contribution is 2.30. The molecule has 1 fully saturated rings. The minimum absolute atomic E-state index is 0.000273. The van der Waals surface area contributed by atoms with Gasteiger partial charge in [-0.2, -0.15) is 0 Å². The lowest BCUT2D eigenvalue weighted by atomic mass is 10.1. The quantitative estimate of drug-likeness (QED) is 0.651. The number of nitrogens with zero attached hydrogens (tertiary/aromatic N) is 2. The lowest BCUT2D eigenvalue weighted by molar-refractivity contribution is -0.135. The van der Waals surface area contributed by atoms with Crippen LogP contribution in [0.4, 0.5) is 5.69 Å². The van der Waals surface area contributed by atoms with Crippen LogP contribution in [0, 0.1) is 0 Å². The highest BCUT2D eigenvalue weighted by atomic mass is 35.5. The number of carbonyl (C=O) groups excluding carboxylic acids is 1. The Kier molecular flexibility index (Phi) is 5.88. The van der Waals surface area contributed by atoms with Gasteiger partial charge in [-0.15, -0.1) is 0 Å². The number of amides is 1. The Morgan fingerprint density at radius 3 is 2.45 bits per heavy atom. The maximum atomic E-state index is 12.6. The van der Waals surface area contributed by atoms with Gasteiger partial charge in [0.05, 0.1) is 5.69 Å². The second-order valence-electron chi connectivity index (χ2n) is 7.27. The van der Waals surface area contributed by atoms with E-state index in [-0.39, 0.29) is 12.5 Å². The zero-order valence-electron chi connectivity index (χ0n) is 16.2. The number of anilines is 1. The van der Waals surface area contributed by atoms with Gasteiger partial charge in [-0.3, -0.25) is 9.69 Å². The van der Waals surface area contributed by atoms with Crippen molar-refractivity contribution in [2.75, 3.05) is 38.5 Å². The standard InChI is InChI=1S/C23H24ClN3O2/c24-19-8-5-17(6-9-19)15-26-11-13-27(14-12-26)22(28)16-29-21-10-7-18-3-1-2-4-20(18)23(21)25/h1-10H,11-16,25H2. The predicted molar refractivity (Wildman–Crippen MR) is 117 cm³/mol. The van der Waals surface area contributed by atoms with Crippen molar-refractivity contribution >= 4 is 34.0 Å². The Labute approximate surface area is 175 Å². The van der Waals surface area contributed by atoms with Crippen LogP contribution in [-0.2, 0) is 11.3 Å². The van der Waals surface area contributed by atoms with Gasteiger partial charge in [0.2, 0.25) is 0 Å². The van der Waals surface area contributed by atoms with Gasteiger partial charge in [-0.1, -0.05) is 54.1 Å². The number of nitrogens with two attached hydrogens (primary N) is 1. The Morgan fingerprint density at radius 2 is 1.69 bits per heavy atom. The maximum Gasteiger partial charge on any atom is 0.260 e. The van der Waals surface area contributed by atoms with E-state index >= 15 is 0 Å². The van der Waals surface area contributed by atoms with Crippen molar-refractivity contribution in [1.29, 1.82) is 0 Å². The summed E-state index contributed by atoms with van der Waals surface area (Å²) in [5.74, 6) is 0.544. The molecule has 0 atom stereocenters. The summed E-state index contributed by atoms with van der Waals surface area (Å²) in [4.78, 5) is 16.8. The lowest BCUT2D eigenvalue weighted by Crippen LogP contribution is -2.49. The summed E-state index contributed by atoms with van der Waals surface area (Å²) >= 11 is 5.94. The van der Waals surface area contributed by atoms with Crippen LogP contribution < -0.4 is 10.5 Å². The molecule has 6 heteroatoms. The van der Waals surface area contributed by atoms with E-state index in [4.69, 9.17) is 22.1 Å². The third-order valence-corrected chi connectivity index (χ3v) is 5.58. The highest BCUT2D eigenvalue weighted by molar-refractivity contribution is 6.30. The summed E-state index contributed by atoms with van der Waals surface area (Å²) in [6.07, 6.45) is 0. The Bertz CT molecular complexity index is 999. The Morgan fingerprint density at radius 1 is 0.966 bits per heavy atom. The average Bonchev–Trinajstić information content (AvgIpc) is 2.75. The van der Waals surface area contributed by atoms with Crippen molar-refractivity contribution in [2.45, 2.75) is 6.54 Å². The fourth-order valence-electron chi connectivity index (χ4n) is 3.64. The van der Waals surface area contributed by atoms with Crippen LogP contribution >= 0.6 is 11.6 Å². The van der Waals surface area contributed by atoms with E-state index in [2.05, 4.69) is 4.90 Å². The summed E-state index contributed by atoms with van der Waals surface area (Å²) in [6.45, 7) is 3.94. The number of halogens is 1. The van der Waals surface area contributed by atoms with Gasteiger partial charge in [0.1, 0.15) is 5.75 Å². The molecule has 0 bridgehead atoms. The molecule has 3 aromatic rings. The topological polar surface area (TPSA) is 58.8 Å². The molecule has 1 aliphatic rings. The van der Waals surface area contributed by atoms with Crippen LogP contribution in [0.15, 0.2) is 60.7 Å². The fourth-order valence-corrected chi connectivity index (χ4v) is 3.76. The number of carbonyl (C=O) groups is 1. The number of rotatable bonds is 5. The maximum absolute atomic E-state index is 12.6. The molecule has 0 unspecified atom stereocenters. The lowest BCUT2D eigenvalue weighted by Gasteiger charge is -2.34. The number of piperazine rings is 1. The zero-order chi connectivity index (χ0) is 20.2. The number of hydrogen-bond acceptors (Lipinski definition) is 4. The zero-order valence-corrected chi connectivity index (χ0v) is 16.9. The van der Waals surface area contributed by atoms with Crippen LogP contribution in [0.25, 0.3) is 10.8 Å². The van der Waals surface area contributed by atoms with Crippen molar-refractivity contribution < 1.29 is 9.53 Å². The molecule has 29 heavy (non-hydrogen) atoms. The van der Waals surface area contributed by atoms with Crippen LogP contribution in [0.3, 0.4) is 0 Å². The summed E-state index contributed by atoms with van der Waals surface area (Å²) in [7, 11) is 0. The van der Waals surface area contributed by atoms with E-state index in [1.807, 2.05) is 65.6 Å². The van der Waals surface area contributed by atoms with Crippen molar-refractivity contribution in [1.82, 2.24) is 9.80 Å². The van der Waals surface area contributed by atoms with Gasteiger partial charge in [-0.05, 0) is 29.1 Å². The van der Waals surface area contributed by atoms with Crippen LogP contribution in [0.1, 0.15) is 5.56 Å². The number of nitrogen functional groups attached to an aromatic ring is 1. The summed E-state index contributed by atoms with van der Waals surface area (Å²) < 4.78 is 5.75. The minimum atomic E-state index is -0.0105.